The van der Waals surface area contributed by atoms with Crippen LogP contribution in [0.5, 0.6) is 0 Å². The molecule has 0 radical (unpaired) electrons. The van der Waals surface area contributed by atoms with E-state index in [0.717, 1.165) is 0 Å². The topological polar surface area (TPSA) is 127 Å². The number of nitrogens with zero attached hydrogens (tertiary/aromatic N) is 1. The number of carbonyl (C=O) groups is 2. The molecule has 8 nitrogen and oxygen atoms in total. The highest BCUT2D eigenvalue weighted by Crippen LogP contribution is 2.26. The van der Waals surface area contributed by atoms with E-state index in [-0.39, 0.29) is 23.9 Å². The fraction of sp³-hybridized carbons (Fsp3) is 0.211. The van der Waals surface area contributed by atoms with Crippen LogP contribution in [-0.2, 0) is 6.61 Å². The first-order valence-electron chi connectivity index (χ1n) is 8.77. The third kappa shape index (κ3) is 4.96. The predicted molar refractivity (Wildman–Crippen MR) is 110 cm³/mol. The van der Waals surface area contributed by atoms with Crippen LogP contribution in [-0.4, -0.2) is 38.7 Å². The van der Waals surface area contributed by atoms with Crippen molar-refractivity contribution < 1.29 is 24.2 Å². The number of aliphatic hydroxyl groups excluding tert-OH is 1. The monoisotopic (exact) mass is 452 g/mol. The van der Waals surface area contributed by atoms with Crippen LogP contribution < -0.4 is 10.6 Å². The summed E-state index contributed by atoms with van der Waals surface area (Å²) in [5, 5.41) is 23.7. The summed E-state index contributed by atoms with van der Waals surface area (Å²) in [4.78, 5) is 31.5. The Balaban J connectivity index is 1.80. The van der Waals surface area contributed by atoms with Gasteiger partial charge in [-0.3, -0.25) is 4.79 Å². The second-order valence-corrected chi connectivity index (χ2v) is 7.87. The maximum absolute atomic E-state index is 13.7. The number of thiazole rings is 1. The number of amides is 2. The number of aromatic nitrogens is 2. The lowest BCUT2D eigenvalue weighted by atomic mass is 10.1. The van der Waals surface area contributed by atoms with Gasteiger partial charge in [-0.1, -0.05) is 17.7 Å². The third-order valence-corrected chi connectivity index (χ3v) is 5.84. The highest BCUT2D eigenvalue weighted by molar-refractivity contribution is 7.11. The summed E-state index contributed by atoms with van der Waals surface area (Å²) in [6.45, 7) is 1.42. The largest absolute Gasteiger partial charge is 0.465 e. The first-order valence-corrected chi connectivity index (χ1v) is 9.97. The lowest BCUT2D eigenvalue weighted by Crippen LogP contribution is -2.37. The van der Waals surface area contributed by atoms with Gasteiger partial charge in [0.1, 0.15) is 16.5 Å². The molecular weight excluding hydrogens is 435 g/mol. The highest BCUT2D eigenvalue weighted by Gasteiger charge is 2.22. The van der Waals surface area contributed by atoms with Gasteiger partial charge in [0.25, 0.3) is 5.91 Å². The number of halogens is 2. The van der Waals surface area contributed by atoms with Gasteiger partial charge in [-0.2, -0.15) is 0 Å². The van der Waals surface area contributed by atoms with Crippen molar-refractivity contribution in [2.24, 2.45) is 0 Å². The fourth-order valence-electron chi connectivity index (χ4n) is 2.73. The molecule has 0 aliphatic rings. The van der Waals surface area contributed by atoms with Crippen molar-refractivity contribution in [2.75, 3.05) is 6.54 Å². The van der Waals surface area contributed by atoms with Gasteiger partial charge in [-0.15, -0.1) is 11.3 Å². The Kier molecular flexibility index (Phi) is 6.70. The molecule has 1 atom stereocenters. The zero-order valence-electron chi connectivity index (χ0n) is 15.7. The van der Waals surface area contributed by atoms with Crippen LogP contribution in [0.4, 0.5) is 9.18 Å². The summed E-state index contributed by atoms with van der Waals surface area (Å²) in [5.41, 5.74) is 1.85. The van der Waals surface area contributed by atoms with Crippen LogP contribution in [0.1, 0.15) is 32.1 Å². The van der Waals surface area contributed by atoms with Crippen molar-refractivity contribution in [3.63, 3.8) is 0 Å². The van der Waals surface area contributed by atoms with Gasteiger partial charge < -0.3 is 25.8 Å². The number of carboxylic acid groups (broad SMARTS) is 1. The number of hydrogen-bond acceptors (Lipinski definition) is 5. The van der Waals surface area contributed by atoms with Crippen LogP contribution in [0, 0.1) is 12.7 Å². The molecule has 0 fully saturated rings. The summed E-state index contributed by atoms with van der Waals surface area (Å²) in [7, 11) is 0. The van der Waals surface area contributed by atoms with E-state index >= 15 is 0 Å². The van der Waals surface area contributed by atoms with Crippen molar-refractivity contribution in [2.45, 2.75) is 19.6 Å². The maximum Gasteiger partial charge on any atom is 0.404 e. The van der Waals surface area contributed by atoms with Crippen molar-refractivity contribution in [1.82, 2.24) is 20.6 Å². The molecule has 30 heavy (non-hydrogen) atoms. The molecule has 0 aliphatic heterocycles. The molecule has 3 rings (SSSR count). The number of aromatic amines is 1. The second-order valence-electron chi connectivity index (χ2n) is 6.35. The van der Waals surface area contributed by atoms with Gasteiger partial charge in [0.2, 0.25) is 0 Å². The molecule has 5 N–H and O–H groups in total. The quantitative estimate of drug-likeness (QED) is 0.375. The van der Waals surface area contributed by atoms with Crippen LogP contribution in [0.2, 0.25) is 5.02 Å². The van der Waals surface area contributed by atoms with Crippen LogP contribution in [0.25, 0.3) is 11.3 Å². The van der Waals surface area contributed by atoms with E-state index in [1.54, 1.807) is 19.1 Å². The predicted octanol–water partition coefficient (Wildman–Crippen LogP) is 3.47. The molecule has 0 saturated carbocycles. The Morgan fingerprint density at radius 1 is 1.33 bits per heavy atom. The number of nitrogens with one attached hydrogen (secondary N) is 3. The van der Waals surface area contributed by atoms with Gasteiger partial charge in [0.15, 0.2) is 0 Å². The summed E-state index contributed by atoms with van der Waals surface area (Å²) >= 11 is 6.89. The summed E-state index contributed by atoms with van der Waals surface area (Å²) < 4.78 is 13.7. The minimum Gasteiger partial charge on any atom is -0.465 e. The molecule has 158 valence electrons. The molecule has 11 heteroatoms. The normalized spacial score (nSPS) is 11.9. The SMILES string of the molecule is Cc1nc(C(CNC(=O)O)NC(=O)c2ccc(-c3ccc(Cl)c(F)c3)[nH]2)sc1CO. The molecule has 0 bridgehead atoms. The van der Waals surface area contributed by atoms with Gasteiger partial charge in [-0.05, 0) is 31.2 Å². The van der Waals surface area contributed by atoms with Gasteiger partial charge >= 0.3 is 6.09 Å². The molecule has 0 saturated heterocycles. The zero-order chi connectivity index (χ0) is 21.8. The number of aliphatic hydroxyl groups is 1. The highest BCUT2D eigenvalue weighted by atomic mass is 35.5. The van der Waals surface area contributed by atoms with Crippen molar-refractivity contribution in [3.8, 4) is 11.3 Å². The Bertz CT molecular complexity index is 1080. The van der Waals surface area contributed by atoms with E-state index < -0.39 is 23.9 Å². The third-order valence-electron chi connectivity index (χ3n) is 4.27. The molecule has 3 aromatic rings. The molecule has 1 unspecified atom stereocenters. The number of benzene rings is 1. The van der Waals surface area contributed by atoms with Crippen molar-refractivity contribution in [3.05, 3.63) is 62.4 Å². The zero-order valence-corrected chi connectivity index (χ0v) is 17.3. The second kappa shape index (κ2) is 9.24. The van der Waals surface area contributed by atoms with Crippen LogP contribution in [0.15, 0.2) is 30.3 Å². The Labute approximate surface area is 179 Å². The summed E-state index contributed by atoms with van der Waals surface area (Å²) in [5.74, 6) is -1.07. The smallest absolute Gasteiger partial charge is 0.404 e. The van der Waals surface area contributed by atoms with E-state index in [4.69, 9.17) is 16.7 Å². The standard InChI is InChI=1S/C19H18ClFN4O4S/c1-9-16(8-26)30-18(23-9)15(7-22-19(28)29)25-17(27)14-5-4-13(24-14)10-2-3-11(20)12(21)6-10/h2-6,15,22,24,26H,7-8H2,1H3,(H,25,27)(H,28,29). The van der Waals surface area contributed by atoms with Crippen molar-refractivity contribution in [1.29, 1.82) is 0 Å². The maximum atomic E-state index is 13.7. The van der Waals surface area contributed by atoms with Crippen molar-refractivity contribution >= 4 is 34.9 Å². The molecule has 1 aromatic carbocycles. The van der Waals surface area contributed by atoms with Crippen LogP contribution >= 0.6 is 22.9 Å². The minimum atomic E-state index is -1.24. The fourth-order valence-corrected chi connectivity index (χ4v) is 3.83. The van der Waals surface area contributed by atoms with E-state index in [1.165, 1.54) is 29.5 Å². The first kappa shape index (κ1) is 21.8. The van der Waals surface area contributed by atoms with E-state index in [2.05, 4.69) is 20.6 Å². The molecular formula is C19H18ClFN4O4S. The molecule has 0 spiro atoms. The average molecular weight is 453 g/mol. The summed E-state index contributed by atoms with van der Waals surface area (Å²) in [6, 6.07) is 6.71. The number of carbonyl (C=O) groups excluding carboxylic acids is 1. The lowest BCUT2D eigenvalue weighted by Gasteiger charge is -2.16. The first-order chi connectivity index (χ1) is 14.3. The summed E-state index contributed by atoms with van der Waals surface area (Å²) in [6.07, 6.45) is -1.24. The van der Waals surface area contributed by atoms with Gasteiger partial charge in [0, 0.05) is 17.8 Å². The van der Waals surface area contributed by atoms with E-state index in [1.807, 2.05) is 0 Å². The number of rotatable bonds is 7. The van der Waals surface area contributed by atoms with E-state index in [0.29, 0.717) is 26.8 Å². The molecule has 2 aromatic heterocycles. The van der Waals surface area contributed by atoms with Gasteiger partial charge in [0.05, 0.1) is 28.2 Å². The molecule has 2 amide bonds. The molecule has 0 aliphatic carbocycles. The Hall–Kier alpha value is -2.95. The number of H-pyrrole nitrogens is 1. The average Bonchev–Trinajstić information content (AvgIpc) is 3.34. The van der Waals surface area contributed by atoms with E-state index in [9.17, 15) is 19.1 Å². The van der Waals surface area contributed by atoms with Gasteiger partial charge in [-0.25, -0.2) is 14.2 Å². The van der Waals surface area contributed by atoms with Crippen LogP contribution in [0.3, 0.4) is 0 Å². The number of aryl methyl sites for hydroxylation is 1. The number of hydrogen-bond donors (Lipinski definition) is 5. The Morgan fingerprint density at radius 3 is 2.73 bits per heavy atom. The Morgan fingerprint density at radius 2 is 2.10 bits per heavy atom. The molecule has 2 heterocycles. The minimum absolute atomic E-state index is 0.00182. The lowest BCUT2D eigenvalue weighted by molar-refractivity contribution is 0.0930.